The fourth-order valence-electron chi connectivity index (χ4n) is 0.582. The van der Waals surface area contributed by atoms with Gasteiger partial charge in [0.2, 0.25) is 0 Å². The van der Waals surface area contributed by atoms with Crippen molar-refractivity contribution in [3.8, 4) is 0 Å². The van der Waals surface area contributed by atoms with Gasteiger partial charge in [-0.05, 0) is 6.92 Å². The summed E-state index contributed by atoms with van der Waals surface area (Å²) in [5, 5.41) is 33.4. The van der Waals surface area contributed by atoms with Gasteiger partial charge in [-0.1, -0.05) is 41.0 Å². The number of carboxylic acid groups (broad SMARTS) is 3. The van der Waals surface area contributed by atoms with Crippen molar-refractivity contribution in [3.63, 3.8) is 0 Å². The minimum Gasteiger partial charge on any atom is -0.873 e. The number of aliphatic carboxylic acids is 3. The number of ether oxygens (including phenoxy) is 1. The predicted molar refractivity (Wildman–Crippen MR) is 125 cm³/mol. The Balaban J connectivity index is -0.0000000519. The van der Waals surface area contributed by atoms with Gasteiger partial charge in [-0.25, -0.2) is 19.2 Å². The van der Waals surface area contributed by atoms with E-state index in [-0.39, 0.29) is 34.9 Å². The average molecular weight is 464 g/mol. The molecule has 0 saturated carbocycles. The van der Waals surface area contributed by atoms with Gasteiger partial charge in [0, 0.05) is 36.9 Å². The van der Waals surface area contributed by atoms with Crippen molar-refractivity contribution < 1.29 is 44.3 Å². The monoisotopic (exact) mass is 463 g/mol. The molecule has 0 bridgehead atoms. The molecule has 0 aromatic rings. The predicted octanol–water partition coefficient (Wildman–Crippen LogP) is 1.32. The van der Waals surface area contributed by atoms with Crippen LogP contribution in [-0.2, 0) is 23.9 Å². The molecule has 0 radical (unpaired) electrons. The normalized spacial score (nSPS) is 7.97. The van der Waals surface area contributed by atoms with Gasteiger partial charge in [-0.3, -0.25) is 0 Å². The molecule has 0 aliphatic heterocycles. The zero-order chi connectivity index (χ0) is 23.8. The zero-order valence-corrected chi connectivity index (χ0v) is 16.1. The summed E-state index contributed by atoms with van der Waals surface area (Å²) in [6.07, 6.45) is 4.41. The number of hydrogen-bond donors (Lipinski definition) is 5. The van der Waals surface area contributed by atoms with Crippen molar-refractivity contribution >= 4 is 23.9 Å². The average Bonchev–Trinajstić information content (AvgIpc) is 2.63. The molecule has 0 unspecified atom stereocenters. The largest absolute Gasteiger partial charge is 0.873 e. The molecule has 0 fully saturated rings. The smallest absolute Gasteiger partial charge is 0.333 e. The molecule has 0 aromatic carbocycles. The van der Waals surface area contributed by atoms with Crippen molar-refractivity contribution in [1.82, 2.24) is 0 Å². The Morgan fingerprint density at radius 2 is 1.19 bits per heavy atom. The van der Waals surface area contributed by atoms with Gasteiger partial charge >= 0.3 is 23.9 Å². The molecule has 188 valence electrons. The summed E-state index contributed by atoms with van der Waals surface area (Å²) in [7, 11) is 0. The molecule has 0 amide bonds. The van der Waals surface area contributed by atoms with E-state index in [0.717, 1.165) is 12.2 Å². The quantitative estimate of drug-likeness (QED) is 0.114. The Labute approximate surface area is 190 Å². The van der Waals surface area contributed by atoms with Crippen LogP contribution in [0.4, 0.5) is 0 Å². The van der Waals surface area contributed by atoms with Crippen LogP contribution in [0.5, 0.6) is 0 Å². The molecule has 0 aromatic heterocycles. The van der Waals surface area contributed by atoms with Crippen LogP contribution in [0.15, 0.2) is 61.4 Å². The third-order valence-corrected chi connectivity index (χ3v) is 1.65. The summed E-state index contributed by atoms with van der Waals surface area (Å²) in [6.45, 7) is 12.5. The molecule has 0 heterocycles. The van der Waals surface area contributed by atoms with E-state index in [1.807, 2.05) is 0 Å². The van der Waals surface area contributed by atoms with Gasteiger partial charge in [0.1, 0.15) is 6.61 Å². The third kappa shape index (κ3) is 71.9. The number of carboxylic acids is 3. The molecule has 0 saturated heterocycles. The Kier molecular flexibility index (Phi) is 50.5. The van der Waals surface area contributed by atoms with Gasteiger partial charge in [-0.2, -0.15) is 0 Å². The first kappa shape index (κ1) is 46.5. The van der Waals surface area contributed by atoms with Crippen molar-refractivity contribution in [2.75, 3.05) is 19.7 Å². The Morgan fingerprint density at radius 3 is 1.34 bits per heavy atom. The molecule has 0 atom stereocenters. The molecule has 0 aliphatic rings. The fraction of sp³-hybridized carbons (Fsp3) is 0.333. The maximum atomic E-state index is 10.5. The number of allylic oxidation sites excluding steroid dienone is 1. The van der Waals surface area contributed by atoms with E-state index in [9.17, 15) is 24.3 Å². The second-order valence-corrected chi connectivity index (χ2v) is 4.38. The summed E-state index contributed by atoms with van der Waals surface area (Å²) in [6, 6.07) is 0. The van der Waals surface area contributed by atoms with E-state index in [2.05, 4.69) is 24.5 Å². The van der Waals surface area contributed by atoms with E-state index in [4.69, 9.17) is 26.8 Å². The topological polar surface area (TPSA) is 213 Å². The van der Waals surface area contributed by atoms with Crippen LogP contribution in [0.2, 0.25) is 0 Å². The second-order valence-electron chi connectivity index (χ2n) is 4.38. The van der Waals surface area contributed by atoms with Gasteiger partial charge in [-0.15, -0.1) is 18.9 Å². The minimum absolute atomic E-state index is 0. The van der Waals surface area contributed by atoms with Crippen molar-refractivity contribution in [2.24, 2.45) is 11.5 Å². The number of esters is 1. The van der Waals surface area contributed by atoms with Gasteiger partial charge in [0.25, 0.3) is 0 Å². The lowest BCUT2D eigenvalue weighted by atomic mass is 10.4. The van der Waals surface area contributed by atoms with Crippen LogP contribution in [0.3, 0.4) is 0 Å². The maximum absolute atomic E-state index is 10.5. The Bertz CT molecular complexity index is 544. The standard InChI is InChI=1S/C6H11NO2.C5H6O3.C4H4O4.C3H7N.3CH4/c1-5(2)6(8)9-4-3-7;1-4(6)2-3-5(7)8;5-3(6)1-2-4(7)8;1-2-3-4;;;/h1,3-4,7H2,2H3;2-3,6H,1H2,(H,7,8);1-2H,(H,5,6)(H,7,8);2H,1,3-4H2;3*1H4/p-1/b;3-2-;2-1-;;;;. The summed E-state index contributed by atoms with van der Waals surface area (Å²) < 4.78 is 4.59. The first-order valence-corrected chi connectivity index (χ1v) is 7.60. The summed E-state index contributed by atoms with van der Waals surface area (Å²) in [5.41, 5.74) is 10.4. The van der Waals surface area contributed by atoms with Crippen molar-refractivity contribution in [1.29, 1.82) is 0 Å². The maximum Gasteiger partial charge on any atom is 0.333 e. The molecule has 0 rings (SSSR count). The molecule has 7 N–H and O–H groups in total. The van der Waals surface area contributed by atoms with Crippen LogP contribution < -0.4 is 16.6 Å². The van der Waals surface area contributed by atoms with Crippen molar-refractivity contribution in [2.45, 2.75) is 29.2 Å². The third-order valence-electron chi connectivity index (χ3n) is 1.65. The molecule has 32 heavy (non-hydrogen) atoms. The van der Waals surface area contributed by atoms with Crippen LogP contribution >= 0.6 is 0 Å². The molecule has 0 spiro atoms. The van der Waals surface area contributed by atoms with Crippen LogP contribution in [-0.4, -0.2) is 58.9 Å². The minimum atomic E-state index is -1.26. The summed E-state index contributed by atoms with van der Waals surface area (Å²) in [4.78, 5) is 39.3. The van der Waals surface area contributed by atoms with Crippen LogP contribution in [0, 0.1) is 0 Å². The van der Waals surface area contributed by atoms with E-state index >= 15 is 0 Å². The van der Waals surface area contributed by atoms with Gasteiger partial charge in [0.05, 0.1) is 0 Å². The van der Waals surface area contributed by atoms with Gasteiger partial charge < -0.3 is 36.6 Å². The lowest BCUT2D eigenvalue weighted by Crippen LogP contribution is -2.13. The van der Waals surface area contributed by atoms with E-state index in [1.54, 1.807) is 13.0 Å². The van der Waals surface area contributed by atoms with Crippen molar-refractivity contribution in [3.05, 3.63) is 61.4 Å². The van der Waals surface area contributed by atoms with E-state index in [0.29, 0.717) is 30.8 Å². The number of nitrogens with two attached hydrogens (primary N) is 2. The molecular formula is C21H39N2O9-. The number of rotatable bonds is 8. The number of carbonyl (C=O) groups excluding carboxylic acids is 1. The first-order valence-electron chi connectivity index (χ1n) is 7.60. The Hall–Kier alpha value is -3.70. The first-order chi connectivity index (χ1) is 13.3. The zero-order valence-electron chi connectivity index (χ0n) is 16.1. The molecular weight excluding hydrogens is 424 g/mol. The molecule has 11 heteroatoms. The second kappa shape index (κ2) is 34.8. The van der Waals surface area contributed by atoms with E-state index < -0.39 is 23.7 Å². The highest BCUT2D eigenvalue weighted by Gasteiger charge is 1.99. The van der Waals surface area contributed by atoms with Crippen LogP contribution in [0.25, 0.3) is 0 Å². The molecule has 0 aliphatic carbocycles. The van der Waals surface area contributed by atoms with Crippen LogP contribution in [0.1, 0.15) is 29.2 Å². The SMILES string of the molecule is C.C.C.C=C(C)C(=O)OCCN.C=C([O-])/C=C\C(=O)O.C=CCN.O=C(O)/C=C\C(=O)O. The number of carbonyl (C=O) groups is 4. The molecule has 11 nitrogen and oxygen atoms in total. The highest BCUT2D eigenvalue weighted by molar-refractivity contribution is 5.89. The number of hydrogen-bond acceptors (Lipinski definition) is 8. The summed E-state index contributed by atoms with van der Waals surface area (Å²) >= 11 is 0. The highest BCUT2D eigenvalue weighted by atomic mass is 16.5. The highest BCUT2D eigenvalue weighted by Crippen LogP contribution is 1.89. The Morgan fingerprint density at radius 1 is 0.875 bits per heavy atom. The lowest BCUT2D eigenvalue weighted by molar-refractivity contribution is -0.294. The fourth-order valence-corrected chi connectivity index (χ4v) is 0.582. The van der Waals surface area contributed by atoms with E-state index in [1.165, 1.54) is 0 Å². The summed E-state index contributed by atoms with van der Waals surface area (Å²) in [5.74, 6) is -4.53. The van der Waals surface area contributed by atoms with Gasteiger partial charge in [0.15, 0.2) is 0 Å². The lowest BCUT2D eigenvalue weighted by Gasteiger charge is -1.99.